The number of aromatic carboxylic acids is 1. The van der Waals surface area contributed by atoms with Gasteiger partial charge in [-0.1, -0.05) is 20.8 Å². The monoisotopic (exact) mass is 282 g/mol. The molecule has 0 amide bonds. The average Bonchev–Trinajstić information content (AvgIpc) is 2.29. The van der Waals surface area contributed by atoms with Gasteiger partial charge in [0.25, 0.3) is 0 Å². The Morgan fingerprint density at radius 2 is 1.90 bits per heavy atom. The van der Waals surface area contributed by atoms with E-state index < -0.39 is 17.8 Å². The number of rotatable bonds is 4. The number of carbonyl (C=O) groups excluding carboxylic acids is 1. The molecule has 1 rings (SSSR count). The van der Waals surface area contributed by atoms with Gasteiger partial charge in [0.2, 0.25) is 0 Å². The van der Waals surface area contributed by atoms with Crippen molar-refractivity contribution >= 4 is 11.9 Å². The van der Waals surface area contributed by atoms with E-state index >= 15 is 0 Å². The van der Waals surface area contributed by atoms with Crippen molar-refractivity contribution in [2.75, 3.05) is 6.61 Å². The van der Waals surface area contributed by atoms with Crippen LogP contribution in [0.3, 0.4) is 0 Å². The van der Waals surface area contributed by atoms with E-state index in [2.05, 4.69) is 0 Å². The third kappa shape index (κ3) is 3.79. The Morgan fingerprint density at radius 1 is 1.30 bits per heavy atom. The lowest BCUT2D eigenvalue weighted by Gasteiger charge is -2.21. The largest absolute Gasteiger partial charge is 0.478 e. The molecule has 1 aromatic carbocycles. The van der Waals surface area contributed by atoms with Crippen LogP contribution < -0.4 is 0 Å². The topological polar surface area (TPSA) is 63.6 Å². The van der Waals surface area contributed by atoms with Gasteiger partial charge in [-0.15, -0.1) is 0 Å². The first-order valence-electron chi connectivity index (χ1n) is 6.39. The molecule has 0 saturated carbocycles. The highest BCUT2D eigenvalue weighted by molar-refractivity contribution is 6.03. The first-order valence-corrected chi connectivity index (χ1v) is 6.39. The molecule has 0 heterocycles. The van der Waals surface area contributed by atoms with Crippen LogP contribution in [-0.4, -0.2) is 23.7 Å². The molecule has 0 saturated heterocycles. The van der Waals surface area contributed by atoms with Gasteiger partial charge in [-0.05, 0) is 30.9 Å². The lowest BCUT2D eigenvalue weighted by molar-refractivity contribution is 0.0513. The van der Waals surface area contributed by atoms with E-state index in [0.29, 0.717) is 0 Å². The molecule has 0 atom stereocenters. The third-order valence-corrected chi connectivity index (χ3v) is 2.67. The summed E-state index contributed by atoms with van der Waals surface area (Å²) in [5.41, 5.74) is -0.688. The van der Waals surface area contributed by atoms with Crippen molar-refractivity contribution < 1.29 is 23.8 Å². The molecule has 110 valence electrons. The number of halogens is 1. The van der Waals surface area contributed by atoms with Gasteiger partial charge in [0.05, 0.1) is 17.7 Å². The van der Waals surface area contributed by atoms with Crippen LogP contribution in [0, 0.1) is 11.2 Å². The van der Waals surface area contributed by atoms with E-state index in [9.17, 15) is 19.1 Å². The Hall–Kier alpha value is -1.91. The fourth-order valence-electron chi connectivity index (χ4n) is 1.95. The van der Waals surface area contributed by atoms with Gasteiger partial charge < -0.3 is 9.84 Å². The Kier molecular flexibility index (Phi) is 4.87. The zero-order chi connectivity index (χ0) is 15.5. The van der Waals surface area contributed by atoms with E-state index in [-0.39, 0.29) is 35.1 Å². The minimum Gasteiger partial charge on any atom is -0.478 e. The number of hydrogen-bond acceptors (Lipinski definition) is 3. The third-order valence-electron chi connectivity index (χ3n) is 2.67. The first-order chi connectivity index (χ1) is 9.17. The van der Waals surface area contributed by atoms with Gasteiger partial charge in [0.15, 0.2) is 0 Å². The van der Waals surface area contributed by atoms with Gasteiger partial charge in [0.1, 0.15) is 5.82 Å². The summed E-state index contributed by atoms with van der Waals surface area (Å²) < 4.78 is 18.8. The van der Waals surface area contributed by atoms with E-state index in [4.69, 9.17) is 4.74 Å². The van der Waals surface area contributed by atoms with E-state index in [1.54, 1.807) is 6.92 Å². The fourth-order valence-corrected chi connectivity index (χ4v) is 1.95. The highest BCUT2D eigenvalue weighted by Gasteiger charge is 2.26. The van der Waals surface area contributed by atoms with Crippen LogP contribution in [0.5, 0.6) is 0 Å². The average molecular weight is 282 g/mol. The van der Waals surface area contributed by atoms with Gasteiger partial charge in [0, 0.05) is 5.56 Å². The number of carbonyl (C=O) groups is 2. The number of carboxylic acids is 1. The van der Waals surface area contributed by atoms with E-state index in [0.717, 1.165) is 12.1 Å². The predicted molar refractivity (Wildman–Crippen MR) is 72.5 cm³/mol. The van der Waals surface area contributed by atoms with E-state index in [1.807, 2.05) is 20.8 Å². The van der Waals surface area contributed by atoms with Crippen LogP contribution in [0.2, 0.25) is 0 Å². The Morgan fingerprint density at radius 3 is 2.35 bits per heavy atom. The summed E-state index contributed by atoms with van der Waals surface area (Å²) in [6, 6.07) is 2.27. The fraction of sp³-hybridized carbons (Fsp3) is 0.467. The minimum atomic E-state index is -1.33. The SMILES string of the molecule is CCOC(=O)c1ccc(F)c(CC(C)(C)C)c1C(=O)O. The van der Waals surface area contributed by atoms with Crippen LogP contribution in [0.4, 0.5) is 4.39 Å². The number of ether oxygens (including phenoxy) is 1. The summed E-state index contributed by atoms with van der Waals surface area (Å²) in [7, 11) is 0. The van der Waals surface area contributed by atoms with Crippen LogP contribution in [0.25, 0.3) is 0 Å². The Balaban J connectivity index is 3.45. The zero-order valence-electron chi connectivity index (χ0n) is 12.1. The highest BCUT2D eigenvalue weighted by atomic mass is 19.1. The van der Waals surface area contributed by atoms with Crippen molar-refractivity contribution in [3.05, 3.63) is 34.6 Å². The molecule has 0 spiro atoms. The molecule has 0 aliphatic rings. The molecule has 0 radical (unpaired) electrons. The molecule has 20 heavy (non-hydrogen) atoms. The zero-order valence-corrected chi connectivity index (χ0v) is 12.1. The summed E-state index contributed by atoms with van der Waals surface area (Å²) in [5, 5.41) is 9.31. The molecule has 0 unspecified atom stereocenters. The van der Waals surface area contributed by atoms with Crippen LogP contribution in [-0.2, 0) is 11.2 Å². The number of esters is 1. The van der Waals surface area contributed by atoms with Crippen LogP contribution >= 0.6 is 0 Å². The highest BCUT2D eigenvalue weighted by Crippen LogP contribution is 2.27. The van der Waals surface area contributed by atoms with Crippen molar-refractivity contribution in [2.45, 2.75) is 34.1 Å². The van der Waals surface area contributed by atoms with Crippen LogP contribution in [0.1, 0.15) is 54.0 Å². The standard InChI is InChI=1S/C15H19FO4/c1-5-20-14(19)9-6-7-11(16)10(8-15(2,3)4)12(9)13(17)18/h6-7H,5,8H2,1-4H3,(H,17,18). The summed E-state index contributed by atoms with van der Waals surface area (Å²) in [6.45, 7) is 7.36. The molecule has 5 heteroatoms. The van der Waals surface area contributed by atoms with Gasteiger partial charge in [-0.3, -0.25) is 0 Å². The maximum Gasteiger partial charge on any atom is 0.339 e. The molecule has 0 aliphatic carbocycles. The molecular weight excluding hydrogens is 263 g/mol. The first kappa shape index (κ1) is 16.1. The summed E-state index contributed by atoms with van der Waals surface area (Å²) in [4.78, 5) is 23.2. The molecule has 1 N–H and O–H groups in total. The molecule has 0 aromatic heterocycles. The lowest BCUT2D eigenvalue weighted by atomic mass is 9.84. The predicted octanol–water partition coefficient (Wildman–Crippen LogP) is 3.29. The van der Waals surface area contributed by atoms with Gasteiger partial charge >= 0.3 is 11.9 Å². The van der Waals surface area contributed by atoms with Crippen molar-refractivity contribution in [3.8, 4) is 0 Å². The lowest BCUT2D eigenvalue weighted by Crippen LogP contribution is -2.19. The van der Waals surface area contributed by atoms with Crippen molar-refractivity contribution in [1.29, 1.82) is 0 Å². The minimum absolute atomic E-state index is 0.0375. The quantitative estimate of drug-likeness (QED) is 0.861. The summed E-state index contributed by atoms with van der Waals surface area (Å²) >= 11 is 0. The van der Waals surface area contributed by atoms with Gasteiger partial charge in [-0.25, -0.2) is 14.0 Å². The Bertz CT molecular complexity index is 529. The summed E-state index contributed by atoms with van der Waals surface area (Å²) in [5.74, 6) is -2.70. The van der Waals surface area contributed by atoms with Crippen LogP contribution in [0.15, 0.2) is 12.1 Å². The summed E-state index contributed by atoms with van der Waals surface area (Å²) in [6.07, 6.45) is 0.216. The van der Waals surface area contributed by atoms with E-state index in [1.165, 1.54) is 0 Å². The maximum atomic E-state index is 14.0. The maximum absolute atomic E-state index is 14.0. The smallest absolute Gasteiger partial charge is 0.339 e. The molecule has 4 nitrogen and oxygen atoms in total. The molecule has 1 aromatic rings. The number of hydrogen-bond donors (Lipinski definition) is 1. The van der Waals surface area contributed by atoms with Crippen molar-refractivity contribution in [2.24, 2.45) is 5.41 Å². The molecule has 0 aliphatic heterocycles. The molecule has 0 fully saturated rings. The van der Waals surface area contributed by atoms with Crippen molar-refractivity contribution in [3.63, 3.8) is 0 Å². The Labute approximate surface area is 117 Å². The normalized spacial score (nSPS) is 11.2. The number of carboxylic acid groups (broad SMARTS) is 1. The molecule has 0 bridgehead atoms. The molecular formula is C15H19FO4. The number of benzene rings is 1. The second kappa shape index (κ2) is 6.03. The van der Waals surface area contributed by atoms with Crippen molar-refractivity contribution in [1.82, 2.24) is 0 Å². The second-order valence-electron chi connectivity index (χ2n) is 5.71. The van der Waals surface area contributed by atoms with Gasteiger partial charge in [-0.2, -0.15) is 0 Å². The second-order valence-corrected chi connectivity index (χ2v) is 5.71.